The zero-order valence-electron chi connectivity index (χ0n) is 12.7. The van der Waals surface area contributed by atoms with Crippen LogP contribution in [0.1, 0.15) is 12.8 Å². The third-order valence-electron chi connectivity index (χ3n) is 3.46. The van der Waals surface area contributed by atoms with Crippen molar-refractivity contribution in [2.75, 3.05) is 40.8 Å². The molecule has 0 spiro atoms. The van der Waals surface area contributed by atoms with Crippen LogP contribution in [0.15, 0.2) is 0 Å². The van der Waals surface area contributed by atoms with E-state index < -0.39 is 12.1 Å². The Morgan fingerprint density at radius 1 is 1.33 bits per heavy atom. The first-order chi connectivity index (χ1) is 9.86. The maximum absolute atomic E-state index is 11.9. The molecule has 1 aliphatic heterocycles. The van der Waals surface area contributed by atoms with Crippen molar-refractivity contribution in [2.24, 2.45) is 5.92 Å². The van der Waals surface area contributed by atoms with Crippen LogP contribution < -0.4 is 5.32 Å². The lowest BCUT2D eigenvalue weighted by Crippen LogP contribution is -2.47. The number of nitrogens with one attached hydrogen (secondary N) is 1. The molecule has 1 heterocycles. The minimum Gasteiger partial charge on any atom is -0.467 e. The molecule has 0 aromatic heterocycles. The molecule has 3 amide bonds. The molecule has 1 saturated heterocycles. The number of aliphatic hydroxyl groups excluding tert-OH is 1. The second-order valence-electron chi connectivity index (χ2n) is 5.22. The molecule has 120 valence electrons. The van der Waals surface area contributed by atoms with Gasteiger partial charge in [-0.25, -0.2) is 9.59 Å². The van der Waals surface area contributed by atoms with E-state index in [1.807, 2.05) is 0 Å². The lowest BCUT2D eigenvalue weighted by Gasteiger charge is -2.33. The Kier molecular flexibility index (Phi) is 6.41. The van der Waals surface area contributed by atoms with E-state index in [1.165, 1.54) is 12.0 Å². The van der Waals surface area contributed by atoms with Gasteiger partial charge in [0.2, 0.25) is 5.91 Å². The molecule has 1 atom stereocenters. The van der Waals surface area contributed by atoms with E-state index in [-0.39, 0.29) is 24.4 Å². The molecular formula is C13H23N3O5. The van der Waals surface area contributed by atoms with Crippen molar-refractivity contribution in [1.82, 2.24) is 15.1 Å². The number of rotatable bonds is 4. The van der Waals surface area contributed by atoms with Crippen molar-refractivity contribution < 1.29 is 24.2 Å². The normalized spacial score (nSPS) is 17.0. The zero-order valence-corrected chi connectivity index (χ0v) is 12.7. The van der Waals surface area contributed by atoms with Gasteiger partial charge in [0.05, 0.1) is 13.7 Å². The number of urea groups is 1. The van der Waals surface area contributed by atoms with Gasteiger partial charge in [-0.2, -0.15) is 0 Å². The summed E-state index contributed by atoms with van der Waals surface area (Å²) in [5.41, 5.74) is 0. The van der Waals surface area contributed by atoms with Crippen LogP contribution in [0.4, 0.5) is 4.79 Å². The van der Waals surface area contributed by atoms with Crippen LogP contribution in [0.25, 0.3) is 0 Å². The van der Waals surface area contributed by atoms with Crippen LogP contribution in [-0.2, 0) is 14.3 Å². The molecule has 0 saturated carbocycles. The van der Waals surface area contributed by atoms with Gasteiger partial charge in [-0.15, -0.1) is 0 Å². The summed E-state index contributed by atoms with van der Waals surface area (Å²) < 4.78 is 4.36. The van der Waals surface area contributed by atoms with Crippen molar-refractivity contribution in [1.29, 1.82) is 0 Å². The van der Waals surface area contributed by atoms with E-state index in [9.17, 15) is 19.5 Å². The van der Waals surface area contributed by atoms with Gasteiger partial charge in [0.25, 0.3) is 0 Å². The second kappa shape index (κ2) is 7.82. The smallest absolute Gasteiger partial charge is 0.336 e. The molecule has 0 bridgehead atoms. The molecule has 0 aromatic rings. The minimum atomic E-state index is -1.35. The monoisotopic (exact) mass is 301 g/mol. The van der Waals surface area contributed by atoms with E-state index in [0.29, 0.717) is 25.9 Å². The van der Waals surface area contributed by atoms with Crippen LogP contribution in [0, 0.1) is 5.92 Å². The summed E-state index contributed by atoms with van der Waals surface area (Å²) in [6.45, 7) is 0.881. The average Bonchev–Trinajstić information content (AvgIpc) is 2.50. The number of aliphatic hydroxyl groups is 1. The Hall–Kier alpha value is -1.83. The third-order valence-corrected chi connectivity index (χ3v) is 3.46. The molecule has 1 rings (SSSR count). The summed E-state index contributed by atoms with van der Waals surface area (Å²) >= 11 is 0. The van der Waals surface area contributed by atoms with Gasteiger partial charge in [-0.1, -0.05) is 0 Å². The van der Waals surface area contributed by atoms with E-state index in [4.69, 9.17) is 0 Å². The fourth-order valence-corrected chi connectivity index (χ4v) is 2.18. The molecular weight excluding hydrogens is 278 g/mol. The van der Waals surface area contributed by atoms with Gasteiger partial charge in [0.1, 0.15) is 0 Å². The number of carbonyl (C=O) groups excluding carboxylic acids is 3. The highest BCUT2D eigenvalue weighted by atomic mass is 16.5. The highest BCUT2D eigenvalue weighted by Gasteiger charge is 2.28. The van der Waals surface area contributed by atoms with Crippen LogP contribution in [0.3, 0.4) is 0 Å². The molecule has 21 heavy (non-hydrogen) atoms. The second-order valence-corrected chi connectivity index (χ2v) is 5.22. The number of hydrogen-bond donors (Lipinski definition) is 2. The maximum atomic E-state index is 11.9. The summed E-state index contributed by atoms with van der Waals surface area (Å²) in [6, 6.07) is -0.0602. The fourth-order valence-electron chi connectivity index (χ4n) is 2.18. The number of piperidine rings is 1. The first-order valence-electron chi connectivity index (χ1n) is 6.86. The Bertz CT molecular complexity index is 391. The predicted octanol–water partition coefficient (Wildman–Crippen LogP) is -0.970. The molecule has 0 radical (unpaired) electrons. The van der Waals surface area contributed by atoms with Crippen LogP contribution in [0.2, 0.25) is 0 Å². The number of nitrogens with zero attached hydrogens (tertiary/aromatic N) is 2. The lowest BCUT2D eigenvalue weighted by molar-refractivity contribution is -0.150. The number of likely N-dealkylation sites (tertiary alicyclic amines) is 1. The summed E-state index contributed by atoms with van der Waals surface area (Å²) in [5.74, 6) is -1.20. The van der Waals surface area contributed by atoms with Gasteiger partial charge < -0.3 is 25.0 Å². The third kappa shape index (κ3) is 4.89. The molecule has 0 aromatic carbocycles. The summed E-state index contributed by atoms with van der Waals surface area (Å²) in [5, 5.41) is 11.9. The van der Waals surface area contributed by atoms with Crippen LogP contribution in [-0.4, -0.2) is 79.8 Å². The largest absolute Gasteiger partial charge is 0.467 e. The quantitative estimate of drug-likeness (QED) is 0.651. The number of amides is 3. The predicted molar refractivity (Wildman–Crippen MR) is 74.4 cm³/mol. The number of esters is 1. The number of ether oxygens (including phenoxy) is 1. The first kappa shape index (κ1) is 17.2. The maximum Gasteiger partial charge on any atom is 0.336 e. The van der Waals surface area contributed by atoms with Crippen molar-refractivity contribution in [2.45, 2.75) is 18.9 Å². The first-order valence-corrected chi connectivity index (χ1v) is 6.86. The fraction of sp³-hybridized carbons (Fsp3) is 0.769. The number of methoxy groups -OCH3 is 1. The molecule has 8 nitrogen and oxygen atoms in total. The lowest BCUT2D eigenvalue weighted by atomic mass is 9.96. The highest BCUT2D eigenvalue weighted by Crippen LogP contribution is 2.18. The zero-order chi connectivity index (χ0) is 16.0. The SMILES string of the molecule is COC(=O)C(O)CNC(=O)C1CCN(C(=O)N(C)C)CC1. The van der Waals surface area contributed by atoms with E-state index in [1.54, 1.807) is 19.0 Å². The van der Waals surface area contributed by atoms with Gasteiger partial charge in [0.15, 0.2) is 6.10 Å². The minimum absolute atomic E-state index is 0.0602. The highest BCUT2D eigenvalue weighted by molar-refractivity contribution is 5.81. The molecule has 0 aliphatic carbocycles. The topological polar surface area (TPSA) is 99.2 Å². The molecule has 2 N–H and O–H groups in total. The Morgan fingerprint density at radius 3 is 2.38 bits per heavy atom. The van der Waals surface area contributed by atoms with Crippen molar-refractivity contribution in [3.8, 4) is 0 Å². The summed E-state index contributed by atoms with van der Waals surface area (Å²) in [6.07, 6.45) is -0.214. The molecule has 1 fully saturated rings. The standard InChI is InChI=1S/C13H23N3O5/c1-15(2)13(20)16-6-4-9(5-7-16)11(18)14-8-10(17)12(19)21-3/h9-10,17H,4-8H2,1-3H3,(H,14,18). The number of hydrogen-bond acceptors (Lipinski definition) is 5. The summed E-state index contributed by atoms with van der Waals surface area (Å²) in [4.78, 5) is 37.9. The van der Waals surface area contributed by atoms with Crippen LogP contribution >= 0.6 is 0 Å². The van der Waals surface area contributed by atoms with Crippen molar-refractivity contribution in [3.63, 3.8) is 0 Å². The average molecular weight is 301 g/mol. The Morgan fingerprint density at radius 2 is 1.90 bits per heavy atom. The van der Waals surface area contributed by atoms with Gasteiger partial charge in [-0.05, 0) is 12.8 Å². The molecule has 8 heteroatoms. The summed E-state index contributed by atoms with van der Waals surface area (Å²) in [7, 11) is 4.55. The van der Waals surface area contributed by atoms with Crippen molar-refractivity contribution in [3.05, 3.63) is 0 Å². The van der Waals surface area contributed by atoms with E-state index in [2.05, 4.69) is 10.1 Å². The molecule has 1 aliphatic rings. The van der Waals surface area contributed by atoms with E-state index in [0.717, 1.165) is 0 Å². The van der Waals surface area contributed by atoms with Gasteiger partial charge >= 0.3 is 12.0 Å². The Labute approximate surface area is 124 Å². The van der Waals surface area contributed by atoms with E-state index >= 15 is 0 Å². The van der Waals surface area contributed by atoms with Gasteiger partial charge in [-0.3, -0.25) is 4.79 Å². The van der Waals surface area contributed by atoms with Crippen LogP contribution in [0.5, 0.6) is 0 Å². The van der Waals surface area contributed by atoms with Crippen molar-refractivity contribution >= 4 is 17.9 Å². The van der Waals surface area contributed by atoms with Gasteiger partial charge in [0, 0.05) is 33.1 Å². The molecule has 1 unspecified atom stereocenters. The number of carbonyl (C=O) groups is 3. The Balaban J connectivity index is 2.35.